The Morgan fingerprint density at radius 2 is 2.32 bits per heavy atom. The molecule has 19 heavy (non-hydrogen) atoms. The fourth-order valence-electron chi connectivity index (χ4n) is 1.58. The van der Waals surface area contributed by atoms with E-state index in [2.05, 4.69) is 20.3 Å². The second-order valence-corrected chi connectivity index (χ2v) is 3.89. The zero-order valence-corrected chi connectivity index (χ0v) is 10.3. The minimum absolute atomic E-state index is 0.181. The molecule has 1 heterocycles. The molecule has 2 aromatic rings. The summed E-state index contributed by atoms with van der Waals surface area (Å²) in [6.07, 6.45) is 1.64. The first-order valence-corrected chi connectivity index (χ1v) is 5.78. The Kier molecular flexibility index (Phi) is 3.76. The van der Waals surface area contributed by atoms with Gasteiger partial charge in [0.2, 0.25) is 0 Å². The van der Waals surface area contributed by atoms with Crippen LogP contribution >= 0.6 is 0 Å². The molecule has 7 nitrogen and oxygen atoms in total. The number of nitrogens with one attached hydrogen (secondary N) is 2. The number of ether oxygens (including phenoxy) is 1. The van der Waals surface area contributed by atoms with Crippen LogP contribution in [0.4, 0.5) is 5.69 Å². The molecule has 1 atom stereocenters. The van der Waals surface area contributed by atoms with Crippen molar-refractivity contribution >= 4 is 28.5 Å². The normalized spacial score (nSPS) is 12.1. The molecular formula is C12H14N4O3. The summed E-state index contributed by atoms with van der Waals surface area (Å²) in [4.78, 5) is 23.1. The van der Waals surface area contributed by atoms with Crippen LogP contribution in [-0.4, -0.2) is 34.7 Å². The first-order valence-electron chi connectivity index (χ1n) is 5.78. The van der Waals surface area contributed by atoms with Gasteiger partial charge in [-0.1, -0.05) is 0 Å². The molecule has 0 radical (unpaired) electrons. The van der Waals surface area contributed by atoms with Gasteiger partial charge in [0, 0.05) is 11.1 Å². The van der Waals surface area contributed by atoms with Crippen LogP contribution in [0, 0.1) is 0 Å². The molecule has 100 valence electrons. The number of fused-ring (bicyclic) bond motifs is 1. The van der Waals surface area contributed by atoms with E-state index in [4.69, 9.17) is 5.73 Å². The van der Waals surface area contributed by atoms with Crippen molar-refractivity contribution in [1.82, 2.24) is 10.2 Å². The number of carbonyl (C=O) groups is 2. The lowest BCUT2D eigenvalue weighted by Crippen LogP contribution is -2.43. The molecule has 1 aromatic heterocycles. The summed E-state index contributed by atoms with van der Waals surface area (Å²) in [6, 6.07) is 3.86. The van der Waals surface area contributed by atoms with Crippen LogP contribution in [-0.2, 0) is 14.3 Å². The van der Waals surface area contributed by atoms with Gasteiger partial charge in [0.05, 0.1) is 18.3 Å². The van der Waals surface area contributed by atoms with E-state index in [-0.39, 0.29) is 6.61 Å². The molecule has 0 spiro atoms. The van der Waals surface area contributed by atoms with Gasteiger partial charge in [-0.3, -0.25) is 9.89 Å². The fourth-order valence-corrected chi connectivity index (χ4v) is 1.58. The monoisotopic (exact) mass is 262 g/mol. The first kappa shape index (κ1) is 13.0. The maximum Gasteiger partial charge on any atom is 0.332 e. The van der Waals surface area contributed by atoms with Crippen molar-refractivity contribution in [3.63, 3.8) is 0 Å². The number of nitrogens with zero attached hydrogens (tertiary/aromatic N) is 1. The van der Waals surface area contributed by atoms with Gasteiger partial charge < -0.3 is 15.8 Å². The summed E-state index contributed by atoms with van der Waals surface area (Å²) >= 11 is 0. The number of aromatic amines is 1. The zero-order valence-electron chi connectivity index (χ0n) is 10.3. The molecule has 0 aliphatic heterocycles. The van der Waals surface area contributed by atoms with Crippen molar-refractivity contribution in [1.29, 1.82) is 0 Å². The van der Waals surface area contributed by atoms with E-state index in [0.29, 0.717) is 5.69 Å². The topological polar surface area (TPSA) is 110 Å². The molecule has 0 aliphatic carbocycles. The quantitative estimate of drug-likeness (QED) is 0.545. The molecule has 1 amide bonds. The van der Waals surface area contributed by atoms with Crippen LogP contribution in [0.1, 0.15) is 6.92 Å². The Morgan fingerprint density at radius 1 is 1.53 bits per heavy atom. The Hall–Kier alpha value is -2.41. The highest BCUT2D eigenvalue weighted by molar-refractivity contribution is 6.08. The van der Waals surface area contributed by atoms with Gasteiger partial charge in [0.25, 0.3) is 5.91 Å². The van der Waals surface area contributed by atoms with Gasteiger partial charge in [-0.2, -0.15) is 5.10 Å². The highest BCUT2D eigenvalue weighted by Gasteiger charge is 2.23. The van der Waals surface area contributed by atoms with Crippen LogP contribution in [0.5, 0.6) is 0 Å². The fraction of sp³-hybridized carbons (Fsp3) is 0.250. The second-order valence-electron chi connectivity index (χ2n) is 3.89. The number of H-pyrrole nitrogens is 1. The van der Waals surface area contributed by atoms with E-state index >= 15 is 0 Å². The van der Waals surface area contributed by atoms with Crippen molar-refractivity contribution in [3.05, 3.63) is 24.4 Å². The van der Waals surface area contributed by atoms with E-state index < -0.39 is 17.9 Å². The number of carbonyl (C=O) groups excluding carboxylic acids is 2. The van der Waals surface area contributed by atoms with E-state index in [1.54, 1.807) is 31.3 Å². The van der Waals surface area contributed by atoms with Crippen molar-refractivity contribution in [2.45, 2.75) is 13.0 Å². The molecule has 1 aromatic carbocycles. The number of nitrogens with two attached hydrogens (primary N) is 1. The molecule has 4 N–H and O–H groups in total. The summed E-state index contributed by atoms with van der Waals surface area (Å²) < 4.78 is 4.68. The third-order valence-electron chi connectivity index (χ3n) is 2.53. The maximum atomic E-state index is 11.7. The number of hydrogen-bond acceptors (Lipinski definition) is 5. The summed E-state index contributed by atoms with van der Waals surface area (Å²) in [6.45, 7) is 1.83. The first-order chi connectivity index (χ1) is 9.11. The van der Waals surface area contributed by atoms with Crippen LogP contribution in [0.2, 0.25) is 0 Å². The predicted octanol–water partition coefficient (Wildman–Crippen LogP) is 0.392. The van der Waals surface area contributed by atoms with Gasteiger partial charge in [-0.15, -0.1) is 0 Å². The average Bonchev–Trinajstić information content (AvgIpc) is 2.85. The van der Waals surface area contributed by atoms with Gasteiger partial charge in [-0.25, -0.2) is 4.79 Å². The number of aromatic nitrogens is 2. The standard InChI is InChI=1S/C12H14N4O3/c1-2-19-12(18)10(13)11(17)15-8-3-4-9-7(5-8)6-14-16-9/h3-6,10H,2,13H2,1H3,(H,14,16)(H,15,17). The maximum absolute atomic E-state index is 11.7. The lowest BCUT2D eigenvalue weighted by Gasteiger charge is -2.11. The van der Waals surface area contributed by atoms with Gasteiger partial charge in [0.1, 0.15) is 0 Å². The van der Waals surface area contributed by atoms with Gasteiger partial charge >= 0.3 is 5.97 Å². The lowest BCUT2D eigenvalue weighted by molar-refractivity contribution is -0.146. The highest BCUT2D eigenvalue weighted by Crippen LogP contribution is 2.16. The molecule has 0 bridgehead atoms. The van der Waals surface area contributed by atoms with Gasteiger partial charge in [0.15, 0.2) is 6.04 Å². The summed E-state index contributed by atoms with van der Waals surface area (Å²) in [5, 5.41) is 10.1. The van der Waals surface area contributed by atoms with Gasteiger partial charge in [-0.05, 0) is 25.1 Å². The van der Waals surface area contributed by atoms with Crippen molar-refractivity contribution in [2.75, 3.05) is 11.9 Å². The molecule has 0 fully saturated rings. The van der Waals surface area contributed by atoms with Crippen molar-refractivity contribution < 1.29 is 14.3 Å². The number of amides is 1. The SMILES string of the molecule is CCOC(=O)C(N)C(=O)Nc1ccc2[nH]ncc2c1. The Morgan fingerprint density at radius 3 is 3.05 bits per heavy atom. The smallest absolute Gasteiger partial charge is 0.332 e. The van der Waals surface area contributed by atoms with Crippen LogP contribution in [0.15, 0.2) is 24.4 Å². The summed E-state index contributed by atoms with van der Waals surface area (Å²) in [5.41, 5.74) is 6.88. The van der Waals surface area contributed by atoms with E-state index in [1.165, 1.54) is 0 Å². The van der Waals surface area contributed by atoms with E-state index in [9.17, 15) is 9.59 Å². The summed E-state index contributed by atoms with van der Waals surface area (Å²) in [7, 11) is 0. The number of esters is 1. The van der Waals surface area contributed by atoms with E-state index in [1.807, 2.05) is 0 Å². The molecule has 7 heteroatoms. The Balaban J connectivity index is 2.07. The van der Waals surface area contributed by atoms with Crippen LogP contribution in [0.3, 0.4) is 0 Å². The summed E-state index contributed by atoms with van der Waals surface area (Å²) in [5.74, 6) is -1.36. The second kappa shape index (κ2) is 5.49. The Bertz CT molecular complexity index is 608. The number of benzene rings is 1. The average molecular weight is 262 g/mol. The number of anilines is 1. The number of hydrogen-bond donors (Lipinski definition) is 3. The molecule has 0 saturated carbocycles. The molecular weight excluding hydrogens is 248 g/mol. The molecule has 0 saturated heterocycles. The Labute approximate surface area is 109 Å². The molecule has 0 aliphatic rings. The number of rotatable bonds is 4. The molecule has 1 unspecified atom stereocenters. The van der Waals surface area contributed by atoms with Crippen molar-refractivity contribution in [3.8, 4) is 0 Å². The molecule has 2 rings (SSSR count). The lowest BCUT2D eigenvalue weighted by atomic mass is 10.2. The zero-order chi connectivity index (χ0) is 13.8. The predicted molar refractivity (Wildman–Crippen MR) is 69.3 cm³/mol. The van der Waals surface area contributed by atoms with Crippen LogP contribution in [0.25, 0.3) is 10.9 Å². The third-order valence-corrected chi connectivity index (χ3v) is 2.53. The highest BCUT2D eigenvalue weighted by atomic mass is 16.5. The van der Waals surface area contributed by atoms with Crippen molar-refractivity contribution in [2.24, 2.45) is 5.73 Å². The third kappa shape index (κ3) is 2.89. The minimum Gasteiger partial charge on any atom is -0.464 e. The largest absolute Gasteiger partial charge is 0.464 e. The van der Waals surface area contributed by atoms with Crippen LogP contribution < -0.4 is 11.1 Å². The van der Waals surface area contributed by atoms with E-state index in [0.717, 1.165) is 10.9 Å². The minimum atomic E-state index is -1.33.